The molecule has 3 aromatic rings. The van der Waals surface area contributed by atoms with Crippen molar-refractivity contribution in [3.8, 4) is 11.1 Å². The highest BCUT2D eigenvalue weighted by atomic mass is 32.2. The number of carbonyl (C=O) groups is 1. The van der Waals surface area contributed by atoms with Gasteiger partial charge in [-0.1, -0.05) is 23.4 Å². The summed E-state index contributed by atoms with van der Waals surface area (Å²) in [5, 5.41) is 4.09. The highest BCUT2D eigenvalue weighted by Crippen LogP contribution is 2.40. The van der Waals surface area contributed by atoms with Gasteiger partial charge in [-0.15, -0.1) is 0 Å². The summed E-state index contributed by atoms with van der Waals surface area (Å²) in [5.41, 5.74) is 0.337. The Hall–Kier alpha value is -3.05. The quantitative estimate of drug-likeness (QED) is 0.613. The summed E-state index contributed by atoms with van der Waals surface area (Å²) in [7, 11) is -3.35. The molecule has 2 saturated heterocycles. The third kappa shape index (κ3) is 3.29. The van der Waals surface area contributed by atoms with Crippen LogP contribution in [0.25, 0.3) is 22.1 Å². The van der Waals surface area contributed by atoms with E-state index in [1.807, 2.05) is 0 Å². The zero-order chi connectivity index (χ0) is 22.9. The predicted octanol–water partition coefficient (Wildman–Crippen LogP) is 3.24. The number of rotatable bonds is 5. The van der Waals surface area contributed by atoms with Crippen molar-refractivity contribution in [2.75, 3.05) is 18.0 Å². The molecule has 0 unspecified atom stereocenters. The van der Waals surface area contributed by atoms with E-state index in [2.05, 4.69) is 9.88 Å². The molecule has 8 nitrogen and oxygen atoms in total. The number of hydrogen-bond acceptors (Lipinski definition) is 5. The van der Waals surface area contributed by atoms with Gasteiger partial charge >= 0.3 is 6.03 Å². The largest absolute Gasteiger partial charge is 0.354 e. The second-order valence-corrected chi connectivity index (χ2v) is 10.8. The third-order valence-corrected chi connectivity index (χ3v) is 8.56. The minimum absolute atomic E-state index is 0.192. The van der Waals surface area contributed by atoms with Crippen molar-refractivity contribution >= 4 is 32.8 Å². The summed E-state index contributed by atoms with van der Waals surface area (Å²) in [4.78, 5) is 16.3. The number of amides is 2. The molecule has 0 bridgehead atoms. The minimum atomic E-state index is -3.35. The molecule has 6 rings (SSSR count). The highest BCUT2D eigenvalue weighted by Gasteiger charge is 2.48. The molecule has 33 heavy (non-hydrogen) atoms. The lowest BCUT2D eigenvalue weighted by Crippen LogP contribution is -2.41. The zero-order valence-electron chi connectivity index (χ0n) is 17.4. The van der Waals surface area contributed by atoms with Crippen molar-refractivity contribution in [1.82, 2.24) is 14.8 Å². The first-order valence-electron chi connectivity index (χ1n) is 10.8. The Kier molecular flexibility index (Phi) is 4.50. The number of nitrogens with one attached hydrogen (secondary N) is 1. The number of fused-ring (bicyclic) bond motifs is 2. The van der Waals surface area contributed by atoms with E-state index in [1.54, 1.807) is 23.1 Å². The number of anilines is 1. The molecule has 0 spiro atoms. The van der Waals surface area contributed by atoms with Crippen molar-refractivity contribution in [2.24, 2.45) is 0 Å². The molecule has 2 atom stereocenters. The van der Waals surface area contributed by atoms with Crippen molar-refractivity contribution in [3.63, 3.8) is 0 Å². The number of aromatic nitrogens is 1. The van der Waals surface area contributed by atoms with Gasteiger partial charge in [0.1, 0.15) is 11.6 Å². The lowest BCUT2D eigenvalue weighted by atomic mass is 10.00. The maximum absolute atomic E-state index is 14.5. The van der Waals surface area contributed by atoms with E-state index in [0.717, 1.165) is 0 Å². The van der Waals surface area contributed by atoms with Gasteiger partial charge in [-0.3, -0.25) is 4.90 Å². The van der Waals surface area contributed by atoms with E-state index < -0.39 is 21.7 Å². The van der Waals surface area contributed by atoms with Gasteiger partial charge in [0.25, 0.3) is 0 Å². The summed E-state index contributed by atoms with van der Waals surface area (Å²) in [6.07, 6.45) is 1.83. The van der Waals surface area contributed by atoms with Crippen LogP contribution in [0.4, 0.5) is 19.4 Å². The minimum Gasteiger partial charge on any atom is -0.354 e. The zero-order valence-corrected chi connectivity index (χ0v) is 18.2. The average Bonchev–Trinajstić information content (AvgIpc) is 3.35. The van der Waals surface area contributed by atoms with Crippen LogP contribution < -0.4 is 9.62 Å². The number of hydrogen-bond donors (Lipinski definition) is 1. The fraction of sp³-hybridized carbons (Fsp3) is 0.364. The Labute approximate surface area is 188 Å². The van der Waals surface area contributed by atoms with E-state index >= 15 is 0 Å². The van der Waals surface area contributed by atoms with E-state index in [4.69, 9.17) is 4.52 Å². The second-order valence-electron chi connectivity index (χ2n) is 8.78. The van der Waals surface area contributed by atoms with Crippen LogP contribution in [0.5, 0.6) is 0 Å². The number of halogens is 2. The van der Waals surface area contributed by atoms with E-state index in [9.17, 15) is 22.0 Å². The molecule has 2 aromatic carbocycles. The smallest absolute Gasteiger partial charge is 0.326 e. The lowest BCUT2D eigenvalue weighted by Gasteiger charge is -2.18. The fourth-order valence-electron chi connectivity index (χ4n) is 4.86. The second kappa shape index (κ2) is 7.22. The molecule has 3 fully saturated rings. The molecule has 11 heteroatoms. The average molecular weight is 474 g/mol. The van der Waals surface area contributed by atoms with Gasteiger partial charge in [-0.25, -0.2) is 26.7 Å². The van der Waals surface area contributed by atoms with E-state index in [-0.39, 0.29) is 53.4 Å². The number of carbonyl (C=O) groups excluding carboxylic acids is 1. The van der Waals surface area contributed by atoms with Crippen LogP contribution in [0, 0.1) is 11.6 Å². The standard InChI is InChI=1S/C22H20F2N4O4S/c23-16-4-2-5-17(24)19(16)15-3-1-6-18-20(15)21(25-32-18)28-11-13-9-12(10-27(13)22(28)29)26-33(30,31)14-7-8-14/h1-6,12-14,26H,7-11H2/t12-,13-/m0/s1. The lowest BCUT2D eigenvalue weighted by molar-refractivity contribution is 0.218. The molecule has 1 aliphatic carbocycles. The molecule has 172 valence electrons. The normalized spacial score (nSPS) is 23.0. The molecular formula is C22H20F2N4O4S. The van der Waals surface area contributed by atoms with Crippen LogP contribution in [0.2, 0.25) is 0 Å². The molecule has 3 aliphatic rings. The summed E-state index contributed by atoms with van der Waals surface area (Å²) >= 11 is 0. The van der Waals surface area contributed by atoms with Gasteiger partial charge < -0.3 is 9.42 Å². The fourth-order valence-corrected chi connectivity index (χ4v) is 6.45. The first-order chi connectivity index (χ1) is 15.8. The Morgan fingerprint density at radius 2 is 1.79 bits per heavy atom. The van der Waals surface area contributed by atoms with Crippen LogP contribution in [0.1, 0.15) is 19.3 Å². The third-order valence-electron chi connectivity index (χ3n) is 6.55. The summed E-state index contributed by atoms with van der Waals surface area (Å²) in [6, 6.07) is 7.56. The molecule has 1 saturated carbocycles. The van der Waals surface area contributed by atoms with E-state index in [0.29, 0.717) is 30.2 Å². The monoisotopic (exact) mass is 474 g/mol. The van der Waals surface area contributed by atoms with Gasteiger partial charge in [-0.05, 0) is 37.5 Å². The van der Waals surface area contributed by atoms with Crippen molar-refractivity contribution in [1.29, 1.82) is 0 Å². The molecule has 0 radical (unpaired) electrons. The molecule has 1 aromatic heterocycles. The van der Waals surface area contributed by atoms with Gasteiger partial charge in [0.2, 0.25) is 10.0 Å². The molecule has 3 heterocycles. The summed E-state index contributed by atoms with van der Waals surface area (Å²) in [5.74, 6) is -1.26. The van der Waals surface area contributed by atoms with Gasteiger partial charge in [0, 0.05) is 24.7 Å². The van der Waals surface area contributed by atoms with Crippen molar-refractivity contribution < 1.29 is 26.5 Å². The Bertz CT molecular complexity index is 1370. The summed E-state index contributed by atoms with van der Waals surface area (Å²) in [6.45, 7) is 0.534. The van der Waals surface area contributed by atoms with Crippen LogP contribution in [-0.2, 0) is 10.0 Å². The molecule has 2 amide bonds. The van der Waals surface area contributed by atoms with E-state index in [1.165, 1.54) is 23.1 Å². The van der Waals surface area contributed by atoms with Crippen molar-refractivity contribution in [2.45, 2.75) is 36.6 Å². The topological polar surface area (TPSA) is 95.7 Å². The number of sulfonamides is 1. The van der Waals surface area contributed by atoms with Crippen LogP contribution in [0.15, 0.2) is 40.9 Å². The predicted molar refractivity (Wildman–Crippen MR) is 116 cm³/mol. The maximum atomic E-state index is 14.5. The molecule has 1 N–H and O–H groups in total. The SMILES string of the molecule is O=C1N(c2noc3cccc(-c4c(F)cccc4F)c23)C[C@@H]2C[C@H](NS(=O)(=O)C3CC3)CN12. The molecule has 2 aliphatic heterocycles. The van der Waals surface area contributed by atoms with Crippen LogP contribution >= 0.6 is 0 Å². The van der Waals surface area contributed by atoms with Gasteiger partial charge in [0.05, 0.1) is 22.2 Å². The molecular weight excluding hydrogens is 454 g/mol. The maximum Gasteiger partial charge on any atom is 0.326 e. The highest BCUT2D eigenvalue weighted by molar-refractivity contribution is 7.90. The van der Waals surface area contributed by atoms with Crippen molar-refractivity contribution in [3.05, 3.63) is 48.0 Å². The van der Waals surface area contributed by atoms with Gasteiger partial charge in [-0.2, -0.15) is 0 Å². The number of nitrogens with zero attached hydrogens (tertiary/aromatic N) is 3. The first kappa shape index (κ1) is 20.5. The Balaban J connectivity index is 1.32. The van der Waals surface area contributed by atoms with Gasteiger partial charge in [0.15, 0.2) is 11.4 Å². The number of urea groups is 1. The summed E-state index contributed by atoms with van der Waals surface area (Å²) < 4.78 is 61.8. The van der Waals surface area contributed by atoms with Crippen LogP contribution in [-0.4, -0.2) is 54.9 Å². The number of benzene rings is 2. The Morgan fingerprint density at radius 1 is 1.06 bits per heavy atom. The first-order valence-corrected chi connectivity index (χ1v) is 12.3. The Morgan fingerprint density at radius 3 is 2.48 bits per heavy atom. The van der Waals surface area contributed by atoms with Crippen LogP contribution in [0.3, 0.4) is 0 Å².